The van der Waals surface area contributed by atoms with E-state index in [0.29, 0.717) is 0 Å². The molecule has 0 aromatic carbocycles. The van der Waals surface area contributed by atoms with Gasteiger partial charge < -0.3 is 72.0 Å². The molecule has 0 unspecified atom stereocenters. The Hall–Kier alpha value is 2.57. The normalized spacial score (nSPS) is 14.2. The molecule has 0 aliphatic carbocycles. The summed E-state index contributed by atoms with van der Waals surface area (Å²) in [5.74, 6) is 0. The van der Waals surface area contributed by atoms with E-state index in [1.165, 1.54) is 0 Å². The van der Waals surface area contributed by atoms with Crippen LogP contribution in [-0.2, 0) is 59.3 Å². The van der Waals surface area contributed by atoms with Crippen molar-refractivity contribution in [2.45, 2.75) is 14.9 Å². The van der Waals surface area contributed by atoms with E-state index in [2.05, 4.69) is 59.3 Å². The van der Waals surface area contributed by atoms with Gasteiger partial charge in [0, 0.05) is 0 Å². The Bertz CT molecular complexity index is 99.8. The molecule has 0 aromatic heterocycles. The van der Waals surface area contributed by atoms with Crippen LogP contribution in [0.1, 0.15) is 14.9 Å². The second-order valence-corrected chi connectivity index (χ2v) is 1.43. The van der Waals surface area contributed by atoms with Gasteiger partial charge in [0.05, 0.1) is 0 Å². The summed E-state index contributed by atoms with van der Waals surface area (Å²) in [7, 11) is 0. The molecule has 4 fully saturated rings. The summed E-state index contributed by atoms with van der Waals surface area (Å²) in [5, 5.41) is 14.7. The minimum Gasteiger partial charge on any atom is -0.870 e. The van der Waals surface area contributed by atoms with E-state index >= 15 is 0 Å². The molecule has 18 nitrogen and oxygen atoms in total. The molecule has 160 valence electrons. The Balaban J connectivity index is -0.0000000124. The van der Waals surface area contributed by atoms with Crippen LogP contribution in [0.3, 0.4) is 0 Å². The third kappa shape index (κ3) is 58.5. The number of hydrogen-bond acceptors (Lipinski definition) is 14. The summed E-state index contributed by atoms with van der Waals surface area (Å²) in [6.45, 7) is 4.33. The predicted molar refractivity (Wildman–Crippen MR) is 79.3 cm³/mol. The quantitative estimate of drug-likeness (QED) is 0.182. The molecule has 21 heteroatoms. The van der Waals surface area contributed by atoms with Gasteiger partial charge in [-0.25, -0.2) is 0 Å². The maximum absolute atomic E-state index is 3.88. The zero-order valence-corrected chi connectivity index (χ0v) is 18.1. The van der Waals surface area contributed by atoms with Crippen molar-refractivity contribution in [2.75, 3.05) is 0 Å². The van der Waals surface area contributed by atoms with E-state index < -0.39 is 0 Å². The van der Waals surface area contributed by atoms with Crippen molar-refractivity contribution in [3.8, 4) is 0 Å². The third-order valence-corrected chi connectivity index (χ3v) is 0.629. The molecule has 27 heavy (non-hydrogen) atoms. The van der Waals surface area contributed by atoms with Gasteiger partial charge in [0.2, 0.25) is 0 Å². The van der Waals surface area contributed by atoms with E-state index in [4.69, 9.17) is 0 Å². The van der Waals surface area contributed by atoms with Crippen molar-refractivity contribution in [3.05, 3.63) is 27.2 Å². The van der Waals surface area contributed by atoms with Crippen molar-refractivity contribution in [3.63, 3.8) is 0 Å². The molecule has 0 amide bonds. The van der Waals surface area contributed by atoms with Crippen LogP contribution in [-0.4, -0.2) is 131 Å². The van der Waals surface area contributed by atoms with Crippen LogP contribution in [0, 0.1) is 27.2 Å². The van der Waals surface area contributed by atoms with Crippen LogP contribution in [0.4, 0.5) is 0 Å². The average molecular weight is 487 g/mol. The van der Waals surface area contributed by atoms with Crippen molar-refractivity contribution in [1.82, 2.24) is 0 Å². The molecule has 10 N–H and O–H groups in total. The van der Waals surface area contributed by atoms with Crippen LogP contribution < -0.4 is 0 Å². The van der Waals surface area contributed by atoms with Crippen LogP contribution in [0.15, 0.2) is 0 Å². The van der Waals surface area contributed by atoms with Crippen LogP contribution in [0.2, 0.25) is 0 Å². The monoisotopic (exact) mass is 486 g/mol. The molecule has 0 saturated carbocycles. The Morgan fingerprint density at radius 3 is 0.407 bits per heavy atom. The number of hydrogen-bond donors (Lipinski definition) is 0. The fourth-order valence-electron chi connectivity index (χ4n) is 0.157. The summed E-state index contributed by atoms with van der Waals surface area (Å²) in [6, 6.07) is 0. The second kappa shape index (κ2) is 63.0. The molecule has 4 aliphatic heterocycles. The van der Waals surface area contributed by atoms with Gasteiger partial charge in [-0.05, 0) is 27.2 Å². The molecule has 0 radical (unpaired) electrons. The van der Waals surface area contributed by atoms with Crippen molar-refractivity contribution >= 4 is 98.5 Å². The van der Waals surface area contributed by atoms with Gasteiger partial charge in [0.25, 0.3) is 0 Å². The Kier molecular flexibility index (Phi) is 163. The van der Waals surface area contributed by atoms with E-state index in [-0.39, 0.29) is 146 Å². The van der Waals surface area contributed by atoms with Crippen molar-refractivity contribution < 1.29 is 92.1 Å². The Labute approximate surface area is 230 Å². The fraction of sp³-hybridized carbons (Fsp3) is 0.333. The maximum Gasteiger partial charge on any atom is 2.00 e. The smallest absolute Gasteiger partial charge is 0.870 e. The predicted octanol–water partition coefficient (Wildman–Crippen LogP) is -3.53. The Morgan fingerprint density at radius 2 is 0.407 bits per heavy atom. The summed E-state index contributed by atoms with van der Waals surface area (Å²) < 4.78 is 0. The van der Waals surface area contributed by atoms with Gasteiger partial charge in [-0.15, -0.1) is 20.2 Å². The van der Waals surface area contributed by atoms with Crippen molar-refractivity contribution in [2.24, 2.45) is 0 Å². The van der Waals surface area contributed by atoms with Crippen LogP contribution >= 0.6 is 0 Å². The SMILES string of the molecule is C.C.O.O.O.O.[CH-]1OOO1.[CH-]1OOO1.[CH-]1OOO1.[CH-]1OOO1.[Ca+2].[Ca+2].[Mg+2].[OH-].[OH-]. The average Bonchev–Trinajstić information content (AvgIpc) is 1.62. The van der Waals surface area contributed by atoms with Gasteiger partial charge in [0.15, 0.2) is 0 Å². The summed E-state index contributed by atoms with van der Waals surface area (Å²) >= 11 is 0. The topological polar surface area (TPSA) is 297 Å². The van der Waals surface area contributed by atoms with E-state index in [0.717, 1.165) is 27.2 Å². The molecule has 0 aromatic rings. The Morgan fingerprint density at radius 1 is 0.370 bits per heavy atom. The molecular formula is C6H22Ca2MgO18. The molecule has 4 heterocycles. The summed E-state index contributed by atoms with van der Waals surface area (Å²) in [6.07, 6.45) is 0. The standard InChI is InChI=1S/4CHO3.2CH4.2Ca.Mg.6H2O/c4*1-2-4-3-1;;;;;;;;;;;/h4*1H;2*1H4;;;;6*1H2/q4*-1;;;3*+2;;;;;;/p-2. The molecular weight excluding hydrogens is 465 g/mol. The zero-order valence-electron chi connectivity index (χ0n) is 12.2. The molecule has 0 bridgehead atoms. The zero-order chi connectivity index (χ0) is 11.3. The first-order valence-corrected chi connectivity index (χ1v) is 3.22. The van der Waals surface area contributed by atoms with Gasteiger partial charge >= 0.3 is 98.5 Å². The minimum atomic E-state index is 0. The number of rotatable bonds is 0. The maximum atomic E-state index is 3.88. The first kappa shape index (κ1) is 70.0. The molecule has 4 saturated heterocycles. The van der Waals surface area contributed by atoms with E-state index in [1.54, 1.807) is 0 Å². The first-order chi connectivity index (χ1) is 8.00. The third-order valence-electron chi connectivity index (χ3n) is 0.629. The minimum absolute atomic E-state index is 0. The van der Waals surface area contributed by atoms with Gasteiger partial charge in [-0.1, -0.05) is 14.9 Å². The summed E-state index contributed by atoms with van der Waals surface area (Å²) in [5.41, 5.74) is 0. The summed E-state index contributed by atoms with van der Waals surface area (Å²) in [4.78, 5) is 31.0. The van der Waals surface area contributed by atoms with Crippen LogP contribution in [0.25, 0.3) is 0 Å². The van der Waals surface area contributed by atoms with Gasteiger partial charge in [-0.3, -0.25) is 0 Å². The van der Waals surface area contributed by atoms with E-state index in [9.17, 15) is 0 Å². The molecule has 4 rings (SSSR count). The van der Waals surface area contributed by atoms with Gasteiger partial charge in [-0.2, -0.15) is 0 Å². The van der Waals surface area contributed by atoms with Crippen LogP contribution in [0.5, 0.6) is 0 Å². The van der Waals surface area contributed by atoms with Crippen molar-refractivity contribution in [1.29, 1.82) is 0 Å². The van der Waals surface area contributed by atoms with E-state index in [1.807, 2.05) is 0 Å². The van der Waals surface area contributed by atoms with Gasteiger partial charge in [0.1, 0.15) is 0 Å². The molecule has 0 atom stereocenters. The fourth-order valence-corrected chi connectivity index (χ4v) is 0.157. The largest absolute Gasteiger partial charge is 2.00 e. The molecule has 4 aliphatic rings. The second-order valence-electron chi connectivity index (χ2n) is 1.43. The molecule has 0 spiro atoms. The first-order valence-electron chi connectivity index (χ1n) is 3.22.